The summed E-state index contributed by atoms with van der Waals surface area (Å²) >= 11 is 5.99. The van der Waals surface area contributed by atoms with Crippen LogP contribution in [-0.4, -0.2) is 30.4 Å². The molecule has 5 rings (SSSR count). The van der Waals surface area contributed by atoms with Gasteiger partial charge in [0.1, 0.15) is 6.04 Å². The fourth-order valence-electron chi connectivity index (χ4n) is 5.12. The number of carbonyl (C=O) groups is 2. The Morgan fingerprint density at radius 1 is 0.780 bits per heavy atom. The zero-order chi connectivity index (χ0) is 28.4. The number of amides is 2. The summed E-state index contributed by atoms with van der Waals surface area (Å²) in [6, 6.07) is 35.4. The summed E-state index contributed by atoms with van der Waals surface area (Å²) in [5, 5.41) is 10.3. The first kappa shape index (κ1) is 28.6. The maximum atomic E-state index is 13.2. The van der Waals surface area contributed by atoms with Crippen molar-refractivity contribution in [1.29, 1.82) is 0 Å². The van der Waals surface area contributed by atoms with Gasteiger partial charge in [-0.25, -0.2) is 0 Å². The molecule has 0 aliphatic heterocycles. The van der Waals surface area contributed by atoms with Crippen molar-refractivity contribution in [3.05, 3.63) is 131 Å². The van der Waals surface area contributed by atoms with Gasteiger partial charge < -0.3 is 16.0 Å². The number of hydrogen-bond acceptors (Lipinski definition) is 3. The third kappa shape index (κ3) is 8.29. The molecule has 0 spiro atoms. The summed E-state index contributed by atoms with van der Waals surface area (Å²) in [5.74, 6) is 0.154. The van der Waals surface area contributed by atoms with E-state index in [1.807, 2.05) is 66.7 Å². The van der Waals surface area contributed by atoms with Crippen LogP contribution in [0.2, 0.25) is 5.02 Å². The van der Waals surface area contributed by atoms with Crippen LogP contribution in [0.25, 0.3) is 11.1 Å². The highest BCUT2D eigenvalue weighted by Gasteiger charge is 2.37. The van der Waals surface area contributed by atoms with Gasteiger partial charge in [0.05, 0.1) is 0 Å². The van der Waals surface area contributed by atoms with Crippen LogP contribution in [-0.2, 0) is 11.3 Å². The first-order valence-corrected chi connectivity index (χ1v) is 14.7. The topological polar surface area (TPSA) is 70.2 Å². The minimum absolute atomic E-state index is 0.187. The molecule has 0 bridgehead atoms. The number of carbonyl (C=O) groups excluding carboxylic acids is 2. The van der Waals surface area contributed by atoms with Crippen LogP contribution in [0.4, 0.5) is 0 Å². The highest BCUT2D eigenvalue weighted by atomic mass is 35.5. The van der Waals surface area contributed by atoms with Crippen LogP contribution in [0.15, 0.2) is 109 Å². The molecule has 210 valence electrons. The van der Waals surface area contributed by atoms with Crippen LogP contribution in [0.1, 0.15) is 53.1 Å². The normalized spacial score (nSPS) is 16.5. The molecule has 1 fully saturated rings. The third-order valence-electron chi connectivity index (χ3n) is 7.60. The summed E-state index contributed by atoms with van der Waals surface area (Å²) in [6.45, 7) is 1.26. The molecule has 0 radical (unpaired) electrons. The Morgan fingerprint density at radius 3 is 2.15 bits per heavy atom. The molecule has 1 saturated carbocycles. The summed E-state index contributed by atoms with van der Waals surface area (Å²) in [6.07, 6.45) is 3.48. The molecule has 0 aromatic heterocycles. The molecule has 6 heteroatoms. The molecule has 3 atom stereocenters. The van der Waals surface area contributed by atoms with Crippen LogP contribution in [0.5, 0.6) is 0 Å². The SMILES string of the molecule is O=C(NC(CCCCN[C@@H]1C[C@H]1c1ccccc1)C(=O)NCc1ccc(Cl)cc1)c1ccc(-c2ccccc2)cc1. The van der Waals surface area contributed by atoms with Crippen LogP contribution in [0.3, 0.4) is 0 Å². The summed E-state index contributed by atoms with van der Waals surface area (Å²) in [7, 11) is 0. The Hall–Kier alpha value is -3.93. The van der Waals surface area contributed by atoms with Crippen molar-refractivity contribution < 1.29 is 9.59 Å². The Labute approximate surface area is 247 Å². The summed E-state index contributed by atoms with van der Waals surface area (Å²) < 4.78 is 0. The second-order valence-electron chi connectivity index (χ2n) is 10.6. The van der Waals surface area contributed by atoms with E-state index in [-0.39, 0.29) is 11.8 Å². The fourth-order valence-corrected chi connectivity index (χ4v) is 5.25. The lowest BCUT2D eigenvalue weighted by Crippen LogP contribution is -2.46. The van der Waals surface area contributed by atoms with Crippen LogP contribution < -0.4 is 16.0 Å². The zero-order valence-corrected chi connectivity index (χ0v) is 23.8. The van der Waals surface area contributed by atoms with Crippen molar-refractivity contribution in [3.63, 3.8) is 0 Å². The molecular weight excluding hydrogens is 530 g/mol. The number of rotatable bonds is 13. The standard InChI is InChI=1S/C35H36ClN3O2/c36-30-20-14-25(15-21-30)24-38-35(41)32(13-7-8-22-37-33-23-31(33)28-11-5-2-6-12-28)39-34(40)29-18-16-27(17-19-29)26-9-3-1-4-10-26/h1-6,9-12,14-21,31-33,37H,7-8,13,22-24H2,(H,38,41)(H,39,40)/t31-,32?,33+/m0/s1. The van der Waals surface area contributed by atoms with E-state index in [1.165, 1.54) is 12.0 Å². The summed E-state index contributed by atoms with van der Waals surface area (Å²) in [4.78, 5) is 26.4. The maximum absolute atomic E-state index is 13.2. The average Bonchev–Trinajstić information content (AvgIpc) is 3.80. The molecule has 1 aliphatic rings. The highest BCUT2D eigenvalue weighted by molar-refractivity contribution is 6.30. The molecule has 1 unspecified atom stereocenters. The Balaban J connectivity index is 1.14. The minimum atomic E-state index is -0.624. The van der Waals surface area contributed by atoms with Gasteiger partial charge in [-0.2, -0.15) is 0 Å². The Kier molecular flexibility index (Phi) is 9.84. The van der Waals surface area contributed by atoms with Crippen LogP contribution in [0, 0.1) is 0 Å². The minimum Gasteiger partial charge on any atom is -0.350 e. The second-order valence-corrected chi connectivity index (χ2v) is 11.1. The highest BCUT2D eigenvalue weighted by Crippen LogP contribution is 2.40. The van der Waals surface area contributed by atoms with E-state index in [0.29, 0.717) is 35.5 Å². The quantitative estimate of drug-likeness (QED) is 0.157. The van der Waals surface area contributed by atoms with Crippen LogP contribution >= 0.6 is 11.6 Å². The average molecular weight is 566 g/mol. The molecule has 0 heterocycles. The maximum Gasteiger partial charge on any atom is 0.251 e. The van der Waals surface area contributed by atoms with Gasteiger partial charge in [0.15, 0.2) is 0 Å². The number of hydrogen-bond donors (Lipinski definition) is 3. The summed E-state index contributed by atoms with van der Waals surface area (Å²) in [5.41, 5.74) is 5.00. The smallest absolute Gasteiger partial charge is 0.251 e. The molecule has 41 heavy (non-hydrogen) atoms. The lowest BCUT2D eigenvalue weighted by Gasteiger charge is -2.19. The van der Waals surface area contributed by atoms with Gasteiger partial charge in [-0.3, -0.25) is 9.59 Å². The van der Waals surface area contributed by atoms with Crippen molar-refractivity contribution >= 4 is 23.4 Å². The monoisotopic (exact) mass is 565 g/mol. The van der Waals surface area contributed by atoms with E-state index in [9.17, 15) is 9.59 Å². The van der Waals surface area contributed by atoms with Gasteiger partial charge >= 0.3 is 0 Å². The number of benzene rings is 4. The van der Waals surface area contributed by atoms with E-state index >= 15 is 0 Å². The van der Waals surface area contributed by atoms with E-state index < -0.39 is 6.04 Å². The van der Waals surface area contributed by atoms with Crippen molar-refractivity contribution in [3.8, 4) is 11.1 Å². The van der Waals surface area contributed by atoms with E-state index in [2.05, 4.69) is 46.3 Å². The number of nitrogens with one attached hydrogen (secondary N) is 3. The van der Waals surface area contributed by atoms with Gasteiger partial charge in [-0.15, -0.1) is 0 Å². The number of halogens is 1. The Bertz CT molecular complexity index is 1410. The van der Waals surface area contributed by atoms with E-state index in [0.717, 1.165) is 36.1 Å². The molecule has 0 saturated heterocycles. The Morgan fingerprint density at radius 2 is 1.44 bits per heavy atom. The third-order valence-corrected chi connectivity index (χ3v) is 7.85. The van der Waals surface area contributed by atoms with E-state index in [1.54, 1.807) is 12.1 Å². The lowest BCUT2D eigenvalue weighted by molar-refractivity contribution is -0.123. The number of unbranched alkanes of at least 4 members (excludes halogenated alkanes) is 1. The van der Waals surface area contributed by atoms with Crippen molar-refractivity contribution in [1.82, 2.24) is 16.0 Å². The van der Waals surface area contributed by atoms with Gasteiger partial charge in [0.25, 0.3) is 5.91 Å². The van der Waals surface area contributed by atoms with Gasteiger partial charge in [-0.05, 0) is 78.7 Å². The molecule has 4 aromatic rings. The molecule has 5 nitrogen and oxygen atoms in total. The first-order valence-electron chi connectivity index (χ1n) is 14.3. The predicted molar refractivity (Wildman–Crippen MR) is 166 cm³/mol. The van der Waals surface area contributed by atoms with Crippen molar-refractivity contribution in [2.75, 3.05) is 6.54 Å². The van der Waals surface area contributed by atoms with Gasteiger partial charge in [-0.1, -0.05) is 96.5 Å². The van der Waals surface area contributed by atoms with Crippen molar-refractivity contribution in [2.45, 2.75) is 50.2 Å². The fraction of sp³-hybridized carbons (Fsp3) is 0.257. The molecule has 1 aliphatic carbocycles. The molecular formula is C35H36ClN3O2. The predicted octanol–water partition coefficient (Wildman–Crippen LogP) is 6.74. The van der Waals surface area contributed by atoms with E-state index in [4.69, 9.17) is 11.6 Å². The molecule has 4 aromatic carbocycles. The first-order chi connectivity index (χ1) is 20.1. The largest absolute Gasteiger partial charge is 0.350 e. The zero-order valence-electron chi connectivity index (χ0n) is 23.1. The second kappa shape index (κ2) is 14.1. The molecule has 3 N–H and O–H groups in total. The molecule has 2 amide bonds. The lowest BCUT2D eigenvalue weighted by atomic mass is 10.0. The van der Waals surface area contributed by atoms with Crippen molar-refractivity contribution in [2.24, 2.45) is 0 Å². The van der Waals surface area contributed by atoms with Gasteiger partial charge in [0, 0.05) is 29.1 Å². The van der Waals surface area contributed by atoms with Gasteiger partial charge in [0.2, 0.25) is 5.91 Å².